The molecule has 0 saturated carbocycles. The highest BCUT2D eigenvalue weighted by Crippen LogP contribution is 2.36. The molecule has 9 heteroatoms. The second kappa shape index (κ2) is 11.5. The zero-order valence-corrected chi connectivity index (χ0v) is 21.1. The number of hydrogen-bond acceptors (Lipinski definition) is 4. The number of nitrogens with one attached hydrogen (secondary N) is 2. The molecule has 3 aromatic rings. The standard InChI is InChI=1S/C27H25Cl2N3O4/c1-2-36-19-12-10-17(11-13-19)15-30-27(35)20-6-3-4-8-22(20)31-26(34)18-14-24(33)32(16-18)23-9-5-7-21(28)25(23)29/h3-13,18H,2,14-16H2,1H3,(H,30,35)(H,31,34)/t18-/m1/s1. The molecule has 0 aromatic heterocycles. The Morgan fingerprint density at radius 1 is 1.03 bits per heavy atom. The zero-order chi connectivity index (χ0) is 25.7. The number of carbonyl (C=O) groups is 3. The first kappa shape index (κ1) is 25.5. The van der Waals surface area contributed by atoms with Crippen molar-refractivity contribution in [3.8, 4) is 5.75 Å². The van der Waals surface area contributed by atoms with E-state index >= 15 is 0 Å². The minimum atomic E-state index is -0.604. The van der Waals surface area contributed by atoms with E-state index in [1.807, 2.05) is 31.2 Å². The molecule has 1 atom stereocenters. The molecule has 3 amide bonds. The van der Waals surface area contributed by atoms with Crippen molar-refractivity contribution >= 4 is 52.3 Å². The van der Waals surface area contributed by atoms with Crippen molar-refractivity contribution in [1.82, 2.24) is 5.32 Å². The Kier molecular flexibility index (Phi) is 8.13. The molecule has 3 aromatic carbocycles. The molecule has 0 spiro atoms. The number of rotatable bonds is 8. The lowest BCUT2D eigenvalue weighted by Crippen LogP contribution is -2.29. The van der Waals surface area contributed by atoms with Crippen LogP contribution in [0.1, 0.15) is 29.3 Å². The molecule has 1 saturated heterocycles. The van der Waals surface area contributed by atoms with E-state index in [9.17, 15) is 14.4 Å². The second-order valence-electron chi connectivity index (χ2n) is 8.27. The highest BCUT2D eigenvalue weighted by atomic mass is 35.5. The van der Waals surface area contributed by atoms with E-state index in [0.29, 0.717) is 35.1 Å². The zero-order valence-electron chi connectivity index (χ0n) is 19.6. The summed E-state index contributed by atoms with van der Waals surface area (Å²) < 4.78 is 5.44. The van der Waals surface area contributed by atoms with Crippen molar-refractivity contribution in [3.05, 3.63) is 87.9 Å². The van der Waals surface area contributed by atoms with Crippen LogP contribution >= 0.6 is 23.2 Å². The van der Waals surface area contributed by atoms with E-state index in [-0.39, 0.29) is 35.7 Å². The van der Waals surface area contributed by atoms with Crippen molar-refractivity contribution in [2.75, 3.05) is 23.4 Å². The molecule has 186 valence electrons. The van der Waals surface area contributed by atoms with Crippen LogP contribution in [0.15, 0.2) is 66.7 Å². The van der Waals surface area contributed by atoms with Gasteiger partial charge in [0.05, 0.1) is 39.5 Å². The first-order valence-electron chi connectivity index (χ1n) is 11.5. The summed E-state index contributed by atoms with van der Waals surface area (Å²) >= 11 is 12.4. The summed E-state index contributed by atoms with van der Waals surface area (Å²) in [4.78, 5) is 40.0. The third-order valence-corrected chi connectivity index (χ3v) is 6.64. The summed E-state index contributed by atoms with van der Waals surface area (Å²) in [6, 6.07) is 19.2. The van der Waals surface area contributed by atoms with Crippen molar-refractivity contribution in [2.24, 2.45) is 5.92 Å². The summed E-state index contributed by atoms with van der Waals surface area (Å²) in [6.45, 7) is 2.98. The monoisotopic (exact) mass is 525 g/mol. The number of nitrogens with zero attached hydrogens (tertiary/aromatic N) is 1. The predicted octanol–water partition coefficient (Wildman–Crippen LogP) is 5.31. The minimum Gasteiger partial charge on any atom is -0.494 e. The number of ether oxygens (including phenoxy) is 1. The first-order valence-corrected chi connectivity index (χ1v) is 12.3. The molecular formula is C27H25Cl2N3O4. The van der Waals surface area contributed by atoms with Crippen molar-refractivity contribution in [2.45, 2.75) is 19.9 Å². The molecule has 0 radical (unpaired) electrons. The van der Waals surface area contributed by atoms with Crippen LogP contribution in [-0.2, 0) is 16.1 Å². The van der Waals surface area contributed by atoms with Gasteiger partial charge < -0.3 is 20.3 Å². The molecule has 0 bridgehead atoms. The van der Waals surface area contributed by atoms with Crippen molar-refractivity contribution < 1.29 is 19.1 Å². The second-order valence-corrected chi connectivity index (χ2v) is 9.06. The molecule has 1 aliphatic heterocycles. The van der Waals surface area contributed by atoms with E-state index < -0.39 is 5.92 Å². The number of anilines is 2. The number of halogens is 2. The maximum Gasteiger partial charge on any atom is 0.253 e. The van der Waals surface area contributed by atoms with Crippen LogP contribution in [0.3, 0.4) is 0 Å². The van der Waals surface area contributed by atoms with Gasteiger partial charge in [0.25, 0.3) is 5.91 Å². The molecule has 0 aliphatic carbocycles. The first-order chi connectivity index (χ1) is 17.4. The van der Waals surface area contributed by atoms with Crippen LogP contribution < -0.4 is 20.3 Å². The fourth-order valence-corrected chi connectivity index (χ4v) is 4.39. The van der Waals surface area contributed by atoms with Gasteiger partial charge in [-0.05, 0) is 48.9 Å². The molecule has 2 N–H and O–H groups in total. The third-order valence-electron chi connectivity index (χ3n) is 5.83. The Morgan fingerprint density at radius 3 is 2.53 bits per heavy atom. The lowest BCUT2D eigenvalue weighted by atomic mass is 10.1. The summed E-state index contributed by atoms with van der Waals surface area (Å²) in [5.41, 5.74) is 2.09. The van der Waals surface area contributed by atoms with Crippen LogP contribution in [0, 0.1) is 5.92 Å². The number of benzene rings is 3. The topological polar surface area (TPSA) is 87.7 Å². The molecule has 1 heterocycles. The van der Waals surface area contributed by atoms with Gasteiger partial charge in [-0.15, -0.1) is 0 Å². The summed E-state index contributed by atoms with van der Waals surface area (Å²) in [5.74, 6) is -0.735. The molecule has 0 unspecified atom stereocenters. The minimum absolute atomic E-state index is 0.0286. The maximum atomic E-state index is 13.0. The lowest BCUT2D eigenvalue weighted by Gasteiger charge is -2.19. The smallest absolute Gasteiger partial charge is 0.253 e. The van der Waals surface area contributed by atoms with Gasteiger partial charge in [0.15, 0.2) is 0 Å². The van der Waals surface area contributed by atoms with Crippen molar-refractivity contribution in [3.63, 3.8) is 0 Å². The van der Waals surface area contributed by atoms with Gasteiger partial charge >= 0.3 is 0 Å². The Balaban J connectivity index is 1.40. The van der Waals surface area contributed by atoms with Gasteiger partial charge in [0, 0.05) is 19.5 Å². The van der Waals surface area contributed by atoms with E-state index in [1.54, 1.807) is 42.5 Å². The number of carbonyl (C=O) groups excluding carboxylic acids is 3. The SMILES string of the molecule is CCOc1ccc(CNC(=O)c2ccccc2NC(=O)[C@@H]2CC(=O)N(c3cccc(Cl)c3Cl)C2)cc1. The number of para-hydroxylation sites is 1. The van der Waals surface area contributed by atoms with Gasteiger partial charge in [-0.2, -0.15) is 0 Å². The van der Waals surface area contributed by atoms with Crippen LogP contribution in [0.25, 0.3) is 0 Å². The Labute approximate surface area is 219 Å². The highest BCUT2D eigenvalue weighted by molar-refractivity contribution is 6.44. The predicted molar refractivity (Wildman–Crippen MR) is 141 cm³/mol. The van der Waals surface area contributed by atoms with Gasteiger partial charge in [-0.25, -0.2) is 0 Å². The molecule has 1 fully saturated rings. The highest BCUT2D eigenvalue weighted by Gasteiger charge is 2.36. The Morgan fingerprint density at radius 2 is 1.78 bits per heavy atom. The number of amides is 3. The van der Waals surface area contributed by atoms with E-state index in [4.69, 9.17) is 27.9 Å². The van der Waals surface area contributed by atoms with Gasteiger partial charge in [0.1, 0.15) is 5.75 Å². The molecule has 4 rings (SSSR count). The molecular weight excluding hydrogens is 501 g/mol. The van der Waals surface area contributed by atoms with Gasteiger partial charge in [-0.1, -0.05) is 53.5 Å². The average Bonchev–Trinajstić information content (AvgIpc) is 3.27. The van der Waals surface area contributed by atoms with Crippen molar-refractivity contribution in [1.29, 1.82) is 0 Å². The summed E-state index contributed by atoms with van der Waals surface area (Å²) in [7, 11) is 0. The number of hydrogen-bond donors (Lipinski definition) is 2. The molecule has 7 nitrogen and oxygen atoms in total. The summed E-state index contributed by atoms with van der Waals surface area (Å²) in [6.07, 6.45) is 0.0286. The third kappa shape index (κ3) is 5.80. The Hall–Kier alpha value is -3.55. The lowest BCUT2D eigenvalue weighted by molar-refractivity contribution is -0.122. The average molecular weight is 526 g/mol. The van der Waals surface area contributed by atoms with Crippen LogP contribution in [0.2, 0.25) is 10.0 Å². The largest absolute Gasteiger partial charge is 0.494 e. The maximum absolute atomic E-state index is 13.0. The van der Waals surface area contributed by atoms with Crippen LogP contribution in [-0.4, -0.2) is 30.9 Å². The van der Waals surface area contributed by atoms with Crippen LogP contribution in [0.5, 0.6) is 5.75 Å². The van der Waals surface area contributed by atoms with Gasteiger partial charge in [-0.3, -0.25) is 14.4 Å². The summed E-state index contributed by atoms with van der Waals surface area (Å²) in [5, 5.41) is 6.29. The van der Waals surface area contributed by atoms with Crippen LogP contribution in [0.4, 0.5) is 11.4 Å². The fourth-order valence-electron chi connectivity index (χ4n) is 3.99. The fraction of sp³-hybridized carbons (Fsp3) is 0.222. The van der Waals surface area contributed by atoms with E-state index in [1.165, 1.54) is 4.90 Å². The Bertz CT molecular complexity index is 1280. The molecule has 1 aliphatic rings. The van der Waals surface area contributed by atoms with Gasteiger partial charge in [0.2, 0.25) is 11.8 Å². The van der Waals surface area contributed by atoms with E-state index in [0.717, 1.165) is 11.3 Å². The molecule has 36 heavy (non-hydrogen) atoms. The quantitative estimate of drug-likeness (QED) is 0.416. The normalized spacial score (nSPS) is 15.0. The van der Waals surface area contributed by atoms with E-state index in [2.05, 4.69) is 10.6 Å².